The Bertz CT molecular complexity index is 992. The lowest BCUT2D eigenvalue weighted by Crippen LogP contribution is -2.37. The molecular weight excluding hydrogens is 368 g/mol. The van der Waals surface area contributed by atoms with Gasteiger partial charge in [0, 0.05) is 38.0 Å². The van der Waals surface area contributed by atoms with Crippen LogP contribution in [0.3, 0.4) is 0 Å². The number of hydrogen-bond donors (Lipinski definition) is 0. The lowest BCUT2D eigenvalue weighted by Gasteiger charge is -2.28. The van der Waals surface area contributed by atoms with Gasteiger partial charge >= 0.3 is 0 Å². The molecule has 2 aromatic heterocycles. The highest BCUT2D eigenvalue weighted by molar-refractivity contribution is 5.58. The molecule has 0 spiro atoms. The van der Waals surface area contributed by atoms with Crippen LogP contribution in [0.4, 0.5) is 5.82 Å². The van der Waals surface area contributed by atoms with E-state index in [1.165, 1.54) is 0 Å². The van der Waals surface area contributed by atoms with Crippen LogP contribution in [0.5, 0.6) is 0 Å². The zero-order chi connectivity index (χ0) is 20.1. The summed E-state index contributed by atoms with van der Waals surface area (Å²) in [6.07, 6.45) is 1.56. The maximum atomic E-state index is 9.13. The number of nitriles is 1. The molecule has 3 aromatic rings. The van der Waals surface area contributed by atoms with Crippen LogP contribution in [0.25, 0.3) is 17.1 Å². The zero-order valence-electron chi connectivity index (χ0n) is 16.2. The quantitative estimate of drug-likeness (QED) is 0.639. The van der Waals surface area contributed by atoms with Crippen molar-refractivity contribution in [2.24, 2.45) is 0 Å². The van der Waals surface area contributed by atoms with Crippen molar-refractivity contribution >= 4 is 5.82 Å². The molecule has 148 valence electrons. The van der Waals surface area contributed by atoms with Gasteiger partial charge in [0.15, 0.2) is 11.6 Å². The number of aromatic nitrogens is 4. The summed E-state index contributed by atoms with van der Waals surface area (Å²) >= 11 is 0. The fourth-order valence-electron chi connectivity index (χ4n) is 3.23. The predicted octanol–water partition coefficient (Wildman–Crippen LogP) is 2.77. The summed E-state index contributed by atoms with van der Waals surface area (Å²) in [7, 11) is 1.56. The molecule has 0 radical (unpaired) electrons. The van der Waals surface area contributed by atoms with Crippen molar-refractivity contribution in [2.75, 3.05) is 38.3 Å². The van der Waals surface area contributed by atoms with E-state index >= 15 is 0 Å². The Labute approximate surface area is 169 Å². The molecule has 3 heterocycles. The summed E-state index contributed by atoms with van der Waals surface area (Å²) in [6, 6.07) is 16.0. The first kappa shape index (κ1) is 19.1. The summed E-state index contributed by atoms with van der Waals surface area (Å²) in [6.45, 7) is 2.81. The first-order valence-electron chi connectivity index (χ1n) is 9.51. The second kappa shape index (κ2) is 8.82. The summed E-state index contributed by atoms with van der Waals surface area (Å²) in [5, 5.41) is 13.8. The van der Waals surface area contributed by atoms with Gasteiger partial charge in [-0.05, 0) is 6.07 Å². The van der Waals surface area contributed by atoms with Crippen LogP contribution in [0.1, 0.15) is 18.3 Å². The van der Waals surface area contributed by atoms with Gasteiger partial charge < -0.3 is 14.4 Å². The van der Waals surface area contributed by atoms with Crippen LogP contribution in [-0.2, 0) is 9.47 Å². The predicted molar refractivity (Wildman–Crippen MR) is 108 cm³/mol. The summed E-state index contributed by atoms with van der Waals surface area (Å²) in [5.41, 5.74) is 1.90. The molecule has 0 bridgehead atoms. The maximum Gasteiger partial charge on any atom is 0.163 e. The summed E-state index contributed by atoms with van der Waals surface area (Å²) in [5.74, 6) is 1.90. The largest absolute Gasteiger partial charge is 0.378 e. The minimum atomic E-state index is -0.496. The second-order valence-corrected chi connectivity index (χ2v) is 6.64. The second-order valence-electron chi connectivity index (χ2n) is 6.64. The smallest absolute Gasteiger partial charge is 0.163 e. The maximum absolute atomic E-state index is 9.13. The molecule has 1 aromatic carbocycles. The number of hydrogen-bond acceptors (Lipinski definition) is 7. The fourth-order valence-corrected chi connectivity index (χ4v) is 3.23. The highest BCUT2D eigenvalue weighted by atomic mass is 16.5. The third-order valence-corrected chi connectivity index (χ3v) is 4.79. The van der Waals surface area contributed by atoms with E-state index in [9.17, 15) is 0 Å². The van der Waals surface area contributed by atoms with Crippen molar-refractivity contribution < 1.29 is 9.47 Å². The van der Waals surface area contributed by atoms with Gasteiger partial charge in [-0.25, -0.2) is 14.6 Å². The van der Waals surface area contributed by atoms with Crippen molar-refractivity contribution in [1.82, 2.24) is 19.7 Å². The van der Waals surface area contributed by atoms with Crippen molar-refractivity contribution in [3.63, 3.8) is 0 Å². The van der Waals surface area contributed by atoms with Crippen LogP contribution >= 0.6 is 0 Å². The summed E-state index contributed by atoms with van der Waals surface area (Å²) in [4.78, 5) is 11.5. The summed E-state index contributed by atoms with van der Waals surface area (Å²) < 4.78 is 12.7. The lowest BCUT2D eigenvalue weighted by atomic mass is 10.2. The number of anilines is 1. The van der Waals surface area contributed by atoms with E-state index in [2.05, 4.69) is 26.0 Å². The van der Waals surface area contributed by atoms with Crippen LogP contribution in [0, 0.1) is 11.3 Å². The first-order valence-corrected chi connectivity index (χ1v) is 9.51. The van der Waals surface area contributed by atoms with E-state index in [4.69, 9.17) is 14.7 Å². The molecular formula is C21H22N6O2. The topological polar surface area (TPSA) is 89.1 Å². The van der Waals surface area contributed by atoms with E-state index in [-0.39, 0.29) is 6.42 Å². The SMILES string of the molecule is COC(CC#N)c1nc(N2CCOCC2)cc(-n2ccc(-c3ccccc3)n2)n1. The number of morpholine rings is 1. The minimum absolute atomic E-state index is 0.177. The Morgan fingerprint density at radius 3 is 2.62 bits per heavy atom. The van der Waals surface area contributed by atoms with Crippen molar-refractivity contribution in [1.29, 1.82) is 5.26 Å². The highest BCUT2D eigenvalue weighted by Gasteiger charge is 2.20. The Hall–Kier alpha value is -3.28. The third-order valence-electron chi connectivity index (χ3n) is 4.79. The van der Waals surface area contributed by atoms with Crippen LogP contribution in [0.2, 0.25) is 0 Å². The Kier molecular flexibility index (Phi) is 5.79. The fraction of sp³-hybridized carbons (Fsp3) is 0.333. The molecule has 29 heavy (non-hydrogen) atoms. The van der Waals surface area contributed by atoms with Gasteiger partial charge in [-0.3, -0.25) is 0 Å². The molecule has 1 unspecified atom stereocenters. The molecule has 1 aliphatic heterocycles. The Morgan fingerprint density at radius 2 is 1.90 bits per heavy atom. The average molecular weight is 390 g/mol. The molecule has 8 nitrogen and oxygen atoms in total. The average Bonchev–Trinajstić information content (AvgIpc) is 3.29. The number of benzene rings is 1. The third kappa shape index (κ3) is 4.26. The van der Waals surface area contributed by atoms with Gasteiger partial charge in [-0.15, -0.1) is 0 Å². The normalized spacial score (nSPS) is 15.1. The standard InChI is InChI=1S/C21H22N6O2/c1-28-18(7-9-22)21-23-19(26-11-13-29-14-12-26)15-20(24-21)27-10-8-17(25-27)16-5-3-2-4-6-16/h2-6,8,10,15,18H,7,11-14H2,1H3. The molecule has 4 rings (SSSR count). The lowest BCUT2D eigenvalue weighted by molar-refractivity contribution is 0.0994. The van der Waals surface area contributed by atoms with Crippen LogP contribution in [-0.4, -0.2) is 53.2 Å². The van der Waals surface area contributed by atoms with Crippen LogP contribution < -0.4 is 4.90 Å². The highest BCUT2D eigenvalue weighted by Crippen LogP contribution is 2.24. The zero-order valence-corrected chi connectivity index (χ0v) is 16.2. The van der Waals surface area contributed by atoms with Crippen molar-refractivity contribution in [3.05, 3.63) is 54.5 Å². The monoisotopic (exact) mass is 390 g/mol. The van der Waals surface area contributed by atoms with E-state index < -0.39 is 6.10 Å². The number of rotatable bonds is 6. The van der Waals surface area contributed by atoms with Gasteiger partial charge in [0.05, 0.1) is 31.4 Å². The first-order chi connectivity index (χ1) is 14.3. The van der Waals surface area contributed by atoms with Gasteiger partial charge in [0.25, 0.3) is 0 Å². The number of nitrogens with zero attached hydrogens (tertiary/aromatic N) is 6. The van der Waals surface area contributed by atoms with Crippen LogP contribution in [0.15, 0.2) is 48.7 Å². The van der Waals surface area contributed by atoms with Gasteiger partial charge in [0.1, 0.15) is 11.9 Å². The Balaban J connectivity index is 1.73. The van der Waals surface area contributed by atoms with Gasteiger partial charge in [-0.2, -0.15) is 10.4 Å². The molecule has 0 amide bonds. The van der Waals surface area contributed by atoms with E-state index in [1.807, 2.05) is 48.7 Å². The van der Waals surface area contributed by atoms with E-state index in [1.54, 1.807) is 11.8 Å². The molecule has 1 aliphatic rings. The molecule has 0 saturated carbocycles. The molecule has 0 aliphatic carbocycles. The van der Waals surface area contributed by atoms with Crippen molar-refractivity contribution in [2.45, 2.75) is 12.5 Å². The number of ether oxygens (including phenoxy) is 2. The minimum Gasteiger partial charge on any atom is -0.378 e. The number of methoxy groups -OCH3 is 1. The molecule has 1 fully saturated rings. The van der Waals surface area contributed by atoms with Crippen molar-refractivity contribution in [3.8, 4) is 23.1 Å². The molecule has 1 saturated heterocycles. The van der Waals surface area contributed by atoms with Gasteiger partial charge in [-0.1, -0.05) is 30.3 Å². The van der Waals surface area contributed by atoms with E-state index in [0.717, 1.165) is 30.2 Å². The molecule has 0 N–H and O–H groups in total. The molecule has 1 atom stereocenters. The molecule has 8 heteroatoms. The van der Waals surface area contributed by atoms with Gasteiger partial charge in [0.2, 0.25) is 0 Å². The Morgan fingerprint density at radius 1 is 1.14 bits per heavy atom. The van der Waals surface area contributed by atoms with E-state index in [0.29, 0.717) is 24.9 Å².